The maximum Gasteiger partial charge on any atom is 0.249 e. The molecule has 3 rings (SSSR count). The van der Waals surface area contributed by atoms with E-state index in [-0.39, 0.29) is 36.0 Å². The van der Waals surface area contributed by atoms with Gasteiger partial charge in [0.1, 0.15) is 12.4 Å². The fraction of sp³-hybridized carbons (Fsp3) is 0.632. The minimum Gasteiger partial charge on any atom is -0.381 e. The summed E-state index contributed by atoms with van der Waals surface area (Å²) in [7, 11) is -2.35. The molecule has 0 aromatic heterocycles. The van der Waals surface area contributed by atoms with E-state index >= 15 is 0 Å². The van der Waals surface area contributed by atoms with Crippen molar-refractivity contribution in [2.75, 3.05) is 40.0 Å². The molecule has 1 aromatic carbocycles. The van der Waals surface area contributed by atoms with Gasteiger partial charge in [0.2, 0.25) is 15.9 Å². The van der Waals surface area contributed by atoms with E-state index in [1.54, 1.807) is 4.90 Å². The lowest BCUT2D eigenvalue weighted by Gasteiger charge is -2.43. The van der Waals surface area contributed by atoms with Gasteiger partial charge in [0, 0.05) is 45.5 Å². The summed E-state index contributed by atoms with van der Waals surface area (Å²) in [6.07, 6.45) is 2.81. The predicted octanol–water partition coefficient (Wildman–Crippen LogP) is 1.63. The lowest BCUT2D eigenvalue weighted by Crippen LogP contribution is -2.56. The Morgan fingerprint density at radius 2 is 2.04 bits per heavy atom. The molecule has 0 radical (unpaired) electrons. The molecule has 2 aliphatic rings. The molecule has 0 spiro atoms. The molecule has 7 nitrogen and oxygen atoms in total. The minimum atomic E-state index is -3.82. The first-order valence-electron chi connectivity index (χ1n) is 9.57. The first-order valence-corrected chi connectivity index (χ1v) is 11.0. The van der Waals surface area contributed by atoms with E-state index in [1.807, 2.05) is 0 Å². The van der Waals surface area contributed by atoms with Gasteiger partial charge < -0.3 is 14.4 Å². The number of hydrogen-bond donors (Lipinski definition) is 0. The molecule has 2 heterocycles. The smallest absolute Gasteiger partial charge is 0.249 e. The number of halogens is 1. The summed E-state index contributed by atoms with van der Waals surface area (Å²) >= 11 is 0. The van der Waals surface area contributed by atoms with Gasteiger partial charge in [-0.15, -0.1) is 0 Å². The maximum atomic E-state index is 13.5. The van der Waals surface area contributed by atoms with Crippen molar-refractivity contribution < 1.29 is 27.1 Å². The molecule has 2 saturated heterocycles. The molecule has 28 heavy (non-hydrogen) atoms. The summed E-state index contributed by atoms with van der Waals surface area (Å²) in [6.45, 7) is 1.69. The summed E-state index contributed by atoms with van der Waals surface area (Å²) in [5, 5.41) is 0. The third-order valence-corrected chi connectivity index (χ3v) is 7.19. The van der Waals surface area contributed by atoms with Gasteiger partial charge in [-0.05, 0) is 43.9 Å². The second kappa shape index (κ2) is 9.30. The minimum absolute atomic E-state index is 0.0122. The Morgan fingerprint density at radius 1 is 1.29 bits per heavy atom. The van der Waals surface area contributed by atoms with E-state index in [9.17, 15) is 17.6 Å². The van der Waals surface area contributed by atoms with Crippen LogP contribution in [0.15, 0.2) is 29.2 Å². The predicted molar refractivity (Wildman–Crippen MR) is 101 cm³/mol. The van der Waals surface area contributed by atoms with Gasteiger partial charge in [0.25, 0.3) is 0 Å². The molecule has 2 aliphatic heterocycles. The van der Waals surface area contributed by atoms with Crippen LogP contribution >= 0.6 is 0 Å². The number of amides is 1. The Bertz CT molecular complexity index is 782. The fourth-order valence-electron chi connectivity index (χ4n) is 4.01. The van der Waals surface area contributed by atoms with Gasteiger partial charge in [0.05, 0.1) is 4.90 Å². The first-order chi connectivity index (χ1) is 13.4. The number of piperidine rings is 1. The highest BCUT2D eigenvalue weighted by atomic mass is 32.2. The Morgan fingerprint density at radius 3 is 2.71 bits per heavy atom. The Hall–Kier alpha value is -1.55. The molecule has 1 atom stereocenters. The van der Waals surface area contributed by atoms with Gasteiger partial charge >= 0.3 is 0 Å². The van der Waals surface area contributed by atoms with Crippen LogP contribution in [0.1, 0.15) is 25.7 Å². The highest BCUT2D eigenvalue weighted by Crippen LogP contribution is 2.27. The lowest BCUT2D eigenvalue weighted by atomic mass is 9.99. The van der Waals surface area contributed by atoms with Crippen LogP contribution in [0.3, 0.4) is 0 Å². The summed E-state index contributed by atoms with van der Waals surface area (Å²) in [4.78, 5) is 14.5. The molecule has 0 N–H and O–H groups in total. The topological polar surface area (TPSA) is 76.2 Å². The molecular weight excluding hydrogens is 387 g/mol. The zero-order chi connectivity index (χ0) is 20.1. The maximum absolute atomic E-state index is 13.5. The third kappa shape index (κ3) is 4.71. The average molecular weight is 414 g/mol. The molecule has 0 aliphatic carbocycles. The molecule has 0 bridgehead atoms. The third-order valence-electron chi connectivity index (χ3n) is 5.33. The fourth-order valence-corrected chi connectivity index (χ4v) is 5.56. The summed E-state index contributed by atoms with van der Waals surface area (Å²) in [5.74, 6) is -0.724. The number of benzene rings is 1. The zero-order valence-electron chi connectivity index (χ0n) is 16.0. The van der Waals surface area contributed by atoms with Crippen molar-refractivity contribution in [2.24, 2.45) is 0 Å². The van der Waals surface area contributed by atoms with Crippen LogP contribution in [0.4, 0.5) is 4.39 Å². The molecule has 156 valence electrons. The van der Waals surface area contributed by atoms with Crippen molar-refractivity contribution in [1.29, 1.82) is 0 Å². The van der Waals surface area contributed by atoms with Crippen molar-refractivity contribution in [2.45, 2.75) is 42.7 Å². The van der Waals surface area contributed by atoms with Gasteiger partial charge in [-0.3, -0.25) is 4.79 Å². The number of sulfonamides is 1. The monoisotopic (exact) mass is 414 g/mol. The number of nitrogens with zero attached hydrogens (tertiary/aromatic N) is 2. The number of carbonyl (C=O) groups excluding carboxylic acids is 1. The Kier molecular flexibility index (Phi) is 7.03. The Balaban J connectivity index is 1.81. The molecule has 0 saturated carbocycles. The number of carbonyl (C=O) groups is 1. The first kappa shape index (κ1) is 21.2. The molecular formula is C19H27FN2O5S. The SMILES string of the molecule is COCC(=O)N(C1CCOCC1)C1CCCN(S(=O)(=O)c2cccc(F)c2)C1. The van der Waals surface area contributed by atoms with E-state index in [2.05, 4.69) is 0 Å². The van der Waals surface area contributed by atoms with Crippen LogP contribution in [-0.2, 0) is 24.3 Å². The largest absolute Gasteiger partial charge is 0.381 e. The van der Waals surface area contributed by atoms with Crippen molar-refractivity contribution in [3.8, 4) is 0 Å². The number of methoxy groups -OCH3 is 1. The van der Waals surface area contributed by atoms with Gasteiger partial charge in [-0.2, -0.15) is 4.31 Å². The standard InChI is InChI=1S/C19H27FN2O5S/c1-26-14-19(23)22(16-7-10-27-11-8-16)17-5-3-9-21(13-17)28(24,25)18-6-2-4-15(20)12-18/h2,4,6,12,16-17H,3,5,7-11,13-14H2,1H3. The summed E-state index contributed by atoms with van der Waals surface area (Å²) in [5.41, 5.74) is 0. The van der Waals surface area contributed by atoms with E-state index in [4.69, 9.17) is 9.47 Å². The van der Waals surface area contributed by atoms with E-state index in [1.165, 1.54) is 29.6 Å². The van der Waals surface area contributed by atoms with Gasteiger partial charge in [-0.25, -0.2) is 12.8 Å². The number of rotatable bonds is 6. The average Bonchev–Trinajstić information content (AvgIpc) is 2.69. The van der Waals surface area contributed by atoms with Crippen LogP contribution in [0, 0.1) is 5.82 Å². The van der Waals surface area contributed by atoms with Crippen molar-refractivity contribution in [3.05, 3.63) is 30.1 Å². The molecule has 1 unspecified atom stereocenters. The molecule has 9 heteroatoms. The normalized spacial score (nSPS) is 22.1. The van der Waals surface area contributed by atoms with Crippen molar-refractivity contribution in [3.63, 3.8) is 0 Å². The second-order valence-corrected chi connectivity index (χ2v) is 9.13. The number of hydrogen-bond acceptors (Lipinski definition) is 5. The zero-order valence-corrected chi connectivity index (χ0v) is 16.9. The van der Waals surface area contributed by atoms with Crippen LogP contribution < -0.4 is 0 Å². The summed E-state index contributed by atoms with van der Waals surface area (Å²) in [6, 6.07) is 4.81. The van der Waals surface area contributed by atoms with E-state index in [0.717, 1.165) is 25.3 Å². The molecule has 1 aromatic rings. The quantitative estimate of drug-likeness (QED) is 0.707. The van der Waals surface area contributed by atoms with Crippen LogP contribution in [0.5, 0.6) is 0 Å². The highest BCUT2D eigenvalue weighted by molar-refractivity contribution is 7.89. The van der Waals surface area contributed by atoms with Crippen molar-refractivity contribution in [1.82, 2.24) is 9.21 Å². The second-order valence-electron chi connectivity index (χ2n) is 7.19. The molecule has 2 fully saturated rings. The van der Waals surface area contributed by atoms with E-state index in [0.29, 0.717) is 26.2 Å². The van der Waals surface area contributed by atoms with Crippen molar-refractivity contribution >= 4 is 15.9 Å². The molecule has 1 amide bonds. The van der Waals surface area contributed by atoms with Gasteiger partial charge in [0.15, 0.2) is 0 Å². The Labute approximate surface area is 165 Å². The van der Waals surface area contributed by atoms with E-state index < -0.39 is 15.8 Å². The van der Waals surface area contributed by atoms with Crippen LogP contribution in [0.25, 0.3) is 0 Å². The summed E-state index contributed by atoms with van der Waals surface area (Å²) < 4.78 is 51.3. The highest BCUT2D eigenvalue weighted by Gasteiger charge is 2.37. The van der Waals surface area contributed by atoms with Crippen LogP contribution in [0.2, 0.25) is 0 Å². The van der Waals surface area contributed by atoms with Gasteiger partial charge in [-0.1, -0.05) is 6.07 Å². The van der Waals surface area contributed by atoms with Crippen LogP contribution in [-0.4, -0.2) is 75.6 Å². The number of ether oxygens (including phenoxy) is 2. The lowest BCUT2D eigenvalue weighted by molar-refractivity contribution is -0.143.